The summed E-state index contributed by atoms with van der Waals surface area (Å²) < 4.78 is 38.1. The van der Waals surface area contributed by atoms with Crippen LogP contribution in [-0.2, 0) is 14.8 Å². The topological polar surface area (TPSA) is 59.1 Å². The third kappa shape index (κ3) is 3.44. The average Bonchev–Trinajstić information content (AvgIpc) is 2.53. The molecule has 2 fully saturated rings. The van der Waals surface area contributed by atoms with E-state index in [1.807, 2.05) is 0 Å². The van der Waals surface area contributed by atoms with Crippen LogP contribution in [0.3, 0.4) is 0 Å². The predicted octanol–water partition coefficient (Wildman–Crippen LogP) is 1.43. The van der Waals surface area contributed by atoms with Crippen molar-refractivity contribution in [2.75, 3.05) is 47.4 Å². The first kappa shape index (κ1) is 17.7. The maximum Gasteiger partial charge on any atom is 0.243 e. The van der Waals surface area contributed by atoms with Crippen molar-refractivity contribution in [2.24, 2.45) is 5.92 Å². The second kappa shape index (κ2) is 6.63. The minimum absolute atomic E-state index is 0.276. The summed E-state index contributed by atoms with van der Waals surface area (Å²) in [5.41, 5.74) is -0.283. The first-order chi connectivity index (χ1) is 11.3. The van der Waals surface area contributed by atoms with Crippen molar-refractivity contribution in [3.8, 4) is 5.75 Å². The van der Waals surface area contributed by atoms with Gasteiger partial charge in [0.2, 0.25) is 10.0 Å². The van der Waals surface area contributed by atoms with Crippen molar-refractivity contribution < 1.29 is 17.9 Å². The van der Waals surface area contributed by atoms with Crippen molar-refractivity contribution in [2.45, 2.75) is 23.3 Å². The summed E-state index contributed by atoms with van der Waals surface area (Å²) in [6.45, 7) is 2.62. The lowest BCUT2D eigenvalue weighted by Crippen LogP contribution is -2.66. The summed E-state index contributed by atoms with van der Waals surface area (Å²) >= 11 is 0. The van der Waals surface area contributed by atoms with Gasteiger partial charge >= 0.3 is 0 Å². The molecule has 0 saturated carbocycles. The number of hydrogen-bond acceptors (Lipinski definition) is 5. The second-order valence-electron chi connectivity index (χ2n) is 7.11. The minimum atomic E-state index is -3.48. The van der Waals surface area contributed by atoms with Gasteiger partial charge in [0.05, 0.1) is 24.2 Å². The highest BCUT2D eigenvalue weighted by atomic mass is 32.2. The van der Waals surface area contributed by atoms with Crippen LogP contribution in [-0.4, -0.2) is 70.7 Å². The molecule has 1 spiro atoms. The molecule has 24 heavy (non-hydrogen) atoms. The van der Waals surface area contributed by atoms with Gasteiger partial charge in [-0.15, -0.1) is 0 Å². The fourth-order valence-electron chi connectivity index (χ4n) is 3.50. The van der Waals surface area contributed by atoms with Crippen molar-refractivity contribution in [3.63, 3.8) is 0 Å². The molecule has 0 amide bonds. The Morgan fingerprint density at radius 2 is 2.12 bits per heavy atom. The highest BCUT2D eigenvalue weighted by molar-refractivity contribution is 7.89. The first-order valence-electron chi connectivity index (χ1n) is 8.28. The summed E-state index contributed by atoms with van der Waals surface area (Å²) in [6, 6.07) is 6.61. The van der Waals surface area contributed by atoms with Gasteiger partial charge in [0.15, 0.2) is 0 Å². The van der Waals surface area contributed by atoms with E-state index in [2.05, 4.69) is 19.0 Å². The Labute approximate surface area is 144 Å². The molecular formula is C17H26N2O4S. The smallest absolute Gasteiger partial charge is 0.243 e. The van der Waals surface area contributed by atoms with Crippen molar-refractivity contribution >= 4 is 10.0 Å². The van der Waals surface area contributed by atoms with E-state index in [4.69, 9.17) is 9.47 Å². The summed E-state index contributed by atoms with van der Waals surface area (Å²) in [4.78, 5) is 2.45. The molecule has 0 N–H and O–H groups in total. The van der Waals surface area contributed by atoms with Crippen LogP contribution in [0.4, 0.5) is 0 Å². The van der Waals surface area contributed by atoms with E-state index in [0.29, 0.717) is 31.4 Å². The van der Waals surface area contributed by atoms with Gasteiger partial charge in [-0.1, -0.05) is 6.07 Å². The molecule has 6 nitrogen and oxygen atoms in total. The summed E-state index contributed by atoms with van der Waals surface area (Å²) in [6.07, 6.45) is 2.01. The van der Waals surface area contributed by atoms with E-state index in [1.165, 1.54) is 11.4 Å². The molecule has 7 heteroatoms. The summed E-state index contributed by atoms with van der Waals surface area (Å²) in [5.74, 6) is 1.08. The van der Waals surface area contributed by atoms with Crippen molar-refractivity contribution in [1.29, 1.82) is 0 Å². The predicted molar refractivity (Wildman–Crippen MR) is 91.7 cm³/mol. The van der Waals surface area contributed by atoms with Crippen molar-refractivity contribution in [3.05, 3.63) is 24.3 Å². The highest BCUT2D eigenvalue weighted by Crippen LogP contribution is 2.39. The molecule has 0 aliphatic carbocycles. The molecule has 0 radical (unpaired) electrons. The van der Waals surface area contributed by atoms with Gasteiger partial charge in [0.1, 0.15) is 5.75 Å². The molecule has 1 aromatic rings. The molecule has 134 valence electrons. The fourth-order valence-corrected chi connectivity index (χ4v) is 5.13. The van der Waals surface area contributed by atoms with Crippen LogP contribution < -0.4 is 4.74 Å². The van der Waals surface area contributed by atoms with E-state index < -0.39 is 10.0 Å². The van der Waals surface area contributed by atoms with Gasteiger partial charge in [-0.2, -0.15) is 4.31 Å². The first-order valence-corrected chi connectivity index (χ1v) is 9.72. The molecule has 2 aliphatic rings. The maximum absolute atomic E-state index is 12.7. The molecule has 0 bridgehead atoms. The van der Waals surface area contributed by atoms with Crippen molar-refractivity contribution in [1.82, 2.24) is 9.21 Å². The van der Waals surface area contributed by atoms with Gasteiger partial charge < -0.3 is 14.4 Å². The fraction of sp³-hybridized carbons (Fsp3) is 0.647. The second-order valence-corrected chi connectivity index (χ2v) is 9.05. The zero-order chi connectivity index (χ0) is 17.4. The summed E-state index contributed by atoms with van der Waals surface area (Å²) in [7, 11) is 2.19. The van der Waals surface area contributed by atoms with E-state index >= 15 is 0 Å². The molecule has 1 atom stereocenters. The van der Waals surface area contributed by atoms with Gasteiger partial charge in [-0.25, -0.2) is 8.42 Å². The van der Waals surface area contributed by atoms with Crippen LogP contribution in [0, 0.1) is 5.92 Å². The van der Waals surface area contributed by atoms with Crippen LogP contribution in [0.2, 0.25) is 0 Å². The normalized spacial score (nSPS) is 24.1. The lowest BCUT2D eigenvalue weighted by molar-refractivity contribution is -0.158. The standard InChI is InChI=1S/C17H26N2O4S/c1-18(2)10-14-7-8-17(23-11-14)12-19(13-17)24(20,21)16-6-4-5-15(9-16)22-3/h4-6,9,14H,7-8,10-13H2,1-3H3. The lowest BCUT2D eigenvalue weighted by Gasteiger charge is -2.52. The third-order valence-corrected chi connectivity index (χ3v) is 6.65. The zero-order valence-electron chi connectivity index (χ0n) is 14.6. The van der Waals surface area contributed by atoms with Crippen LogP contribution in [0.25, 0.3) is 0 Å². The number of benzene rings is 1. The number of methoxy groups -OCH3 is 1. The van der Waals surface area contributed by atoms with E-state index in [0.717, 1.165) is 19.4 Å². The molecule has 2 saturated heterocycles. The Morgan fingerprint density at radius 1 is 1.38 bits per heavy atom. The van der Waals surface area contributed by atoms with Crippen LogP contribution >= 0.6 is 0 Å². The molecular weight excluding hydrogens is 328 g/mol. The molecule has 0 aromatic heterocycles. The van der Waals surface area contributed by atoms with Crippen LogP contribution in [0.1, 0.15) is 12.8 Å². The Bertz CT molecular complexity index is 674. The molecule has 1 aromatic carbocycles. The van der Waals surface area contributed by atoms with E-state index in [9.17, 15) is 8.42 Å². The van der Waals surface area contributed by atoms with Crippen LogP contribution in [0.5, 0.6) is 5.75 Å². The Morgan fingerprint density at radius 3 is 2.71 bits per heavy atom. The lowest BCUT2D eigenvalue weighted by atomic mass is 9.84. The minimum Gasteiger partial charge on any atom is -0.497 e. The average molecular weight is 354 g/mol. The number of hydrogen-bond donors (Lipinski definition) is 0. The Hall–Kier alpha value is -1.15. The van der Waals surface area contributed by atoms with Gasteiger partial charge in [0.25, 0.3) is 0 Å². The third-order valence-electron chi connectivity index (χ3n) is 4.86. The largest absolute Gasteiger partial charge is 0.497 e. The maximum atomic E-state index is 12.7. The summed E-state index contributed by atoms with van der Waals surface area (Å²) in [5, 5.41) is 0. The number of sulfonamides is 1. The van der Waals surface area contributed by atoms with E-state index in [-0.39, 0.29) is 10.5 Å². The quantitative estimate of drug-likeness (QED) is 0.801. The molecule has 1 unspecified atom stereocenters. The number of rotatable bonds is 5. The van der Waals surface area contributed by atoms with E-state index in [1.54, 1.807) is 24.3 Å². The van der Waals surface area contributed by atoms with Gasteiger partial charge in [-0.05, 0) is 45.0 Å². The molecule has 2 aliphatic heterocycles. The number of nitrogens with zero attached hydrogens (tertiary/aromatic N) is 2. The Balaban J connectivity index is 1.62. The molecule has 2 heterocycles. The highest BCUT2D eigenvalue weighted by Gasteiger charge is 2.51. The number of ether oxygens (including phenoxy) is 2. The van der Waals surface area contributed by atoms with Crippen LogP contribution in [0.15, 0.2) is 29.2 Å². The Kier molecular flexibility index (Phi) is 4.88. The van der Waals surface area contributed by atoms with Gasteiger partial charge in [0, 0.05) is 25.7 Å². The molecule has 3 rings (SSSR count). The zero-order valence-corrected chi connectivity index (χ0v) is 15.4. The monoisotopic (exact) mass is 354 g/mol. The van der Waals surface area contributed by atoms with Gasteiger partial charge in [-0.3, -0.25) is 0 Å². The SMILES string of the molecule is COc1cccc(S(=O)(=O)N2CC3(CCC(CN(C)C)CO3)C2)c1.